The Bertz CT molecular complexity index is 570. The van der Waals surface area contributed by atoms with Crippen LogP contribution >= 0.6 is 11.6 Å². The number of hydrogen-bond donors (Lipinski definition) is 1. The van der Waals surface area contributed by atoms with Crippen LogP contribution in [0, 0.1) is 17.5 Å². The van der Waals surface area contributed by atoms with Gasteiger partial charge >= 0.3 is 0 Å². The highest BCUT2D eigenvalue weighted by atomic mass is 35.5. The maximum atomic E-state index is 13.3. The molecule has 0 spiro atoms. The molecule has 2 rings (SSSR count). The molecule has 2 aromatic rings. The zero-order chi connectivity index (χ0) is 13.1. The summed E-state index contributed by atoms with van der Waals surface area (Å²) in [6.45, 7) is 0.108. The average Bonchev–Trinajstić information content (AvgIpc) is 2.35. The van der Waals surface area contributed by atoms with E-state index in [1.165, 1.54) is 12.1 Å². The highest BCUT2D eigenvalue weighted by Gasteiger charge is 2.07. The van der Waals surface area contributed by atoms with Crippen molar-refractivity contribution in [2.45, 2.75) is 6.54 Å². The lowest BCUT2D eigenvalue weighted by molar-refractivity contribution is 0.602. The minimum atomic E-state index is -0.580. The molecule has 1 nitrogen and oxygen atoms in total. The molecule has 0 unspecified atom stereocenters. The van der Waals surface area contributed by atoms with Crippen LogP contribution in [0.4, 0.5) is 18.9 Å². The number of hydrogen-bond acceptors (Lipinski definition) is 1. The van der Waals surface area contributed by atoms with Gasteiger partial charge in [0.15, 0.2) is 0 Å². The van der Waals surface area contributed by atoms with Crippen LogP contribution < -0.4 is 5.32 Å². The van der Waals surface area contributed by atoms with Crippen molar-refractivity contribution >= 4 is 17.3 Å². The number of halogens is 4. The molecule has 0 aliphatic carbocycles. The van der Waals surface area contributed by atoms with Gasteiger partial charge in [0.05, 0.1) is 10.7 Å². The number of anilines is 1. The highest BCUT2D eigenvalue weighted by molar-refractivity contribution is 6.31. The number of benzene rings is 2. The molecule has 5 heteroatoms. The van der Waals surface area contributed by atoms with Crippen LogP contribution in [0.1, 0.15) is 5.56 Å². The van der Waals surface area contributed by atoms with E-state index in [4.69, 9.17) is 11.6 Å². The molecule has 0 saturated heterocycles. The maximum Gasteiger partial charge on any atom is 0.146 e. The Hall–Kier alpha value is -1.68. The Morgan fingerprint density at radius 2 is 1.78 bits per heavy atom. The fraction of sp³-hybridized carbons (Fsp3) is 0.0769. The van der Waals surface area contributed by atoms with E-state index in [0.717, 1.165) is 18.2 Å². The number of nitrogens with one attached hydrogen (secondary N) is 1. The van der Waals surface area contributed by atoms with Gasteiger partial charge in [-0.2, -0.15) is 0 Å². The smallest absolute Gasteiger partial charge is 0.146 e. The van der Waals surface area contributed by atoms with Gasteiger partial charge < -0.3 is 5.32 Å². The van der Waals surface area contributed by atoms with Crippen molar-refractivity contribution in [1.29, 1.82) is 0 Å². The summed E-state index contributed by atoms with van der Waals surface area (Å²) in [6.07, 6.45) is 0. The lowest BCUT2D eigenvalue weighted by Gasteiger charge is -2.09. The Morgan fingerprint density at radius 1 is 1.00 bits per heavy atom. The predicted octanol–water partition coefficient (Wildman–Crippen LogP) is 4.37. The monoisotopic (exact) mass is 271 g/mol. The first kappa shape index (κ1) is 12.8. The summed E-state index contributed by atoms with van der Waals surface area (Å²) < 4.78 is 39.4. The molecule has 0 aliphatic rings. The molecule has 1 N–H and O–H groups in total. The zero-order valence-corrected chi connectivity index (χ0v) is 9.94. The van der Waals surface area contributed by atoms with E-state index in [0.29, 0.717) is 5.56 Å². The number of rotatable bonds is 3. The standard InChI is InChI=1S/C13H9ClF3N/c14-13-8(2-1-3-11(13)17)7-18-12-6-9(15)4-5-10(12)16/h1-6,18H,7H2. The molecule has 94 valence electrons. The summed E-state index contributed by atoms with van der Waals surface area (Å²) in [7, 11) is 0. The Balaban J connectivity index is 2.16. The second kappa shape index (κ2) is 5.31. The van der Waals surface area contributed by atoms with Crippen LogP contribution in [-0.2, 0) is 6.54 Å². The van der Waals surface area contributed by atoms with E-state index >= 15 is 0 Å². The summed E-state index contributed by atoms with van der Waals surface area (Å²) in [6, 6.07) is 7.41. The Morgan fingerprint density at radius 3 is 2.56 bits per heavy atom. The van der Waals surface area contributed by atoms with Crippen LogP contribution in [0.2, 0.25) is 5.02 Å². The molecule has 0 fully saturated rings. The lowest BCUT2D eigenvalue weighted by Crippen LogP contribution is -2.03. The van der Waals surface area contributed by atoms with Crippen molar-refractivity contribution in [1.82, 2.24) is 0 Å². The fourth-order valence-electron chi connectivity index (χ4n) is 1.51. The molecule has 0 atom stereocenters. The van der Waals surface area contributed by atoms with Crippen molar-refractivity contribution in [3.63, 3.8) is 0 Å². The quantitative estimate of drug-likeness (QED) is 0.874. The van der Waals surface area contributed by atoms with Gasteiger partial charge in [-0.05, 0) is 29.8 Å². The highest BCUT2D eigenvalue weighted by Crippen LogP contribution is 2.22. The van der Waals surface area contributed by atoms with E-state index in [1.54, 1.807) is 6.07 Å². The van der Waals surface area contributed by atoms with Gasteiger partial charge in [-0.15, -0.1) is 0 Å². The molecule has 0 amide bonds. The summed E-state index contributed by atoms with van der Waals surface area (Å²) in [5.74, 6) is -1.68. The molecule has 0 aromatic heterocycles. The third-order valence-electron chi connectivity index (χ3n) is 2.43. The first-order chi connectivity index (χ1) is 8.58. The van der Waals surface area contributed by atoms with E-state index < -0.39 is 17.5 Å². The second-order valence-corrected chi connectivity index (χ2v) is 4.07. The van der Waals surface area contributed by atoms with Crippen molar-refractivity contribution < 1.29 is 13.2 Å². The summed E-state index contributed by atoms with van der Waals surface area (Å²) in [4.78, 5) is 0. The van der Waals surface area contributed by atoms with Crippen LogP contribution in [0.15, 0.2) is 36.4 Å². The van der Waals surface area contributed by atoms with E-state index in [1.807, 2.05) is 0 Å². The Kier molecular flexibility index (Phi) is 3.77. The van der Waals surface area contributed by atoms with Crippen molar-refractivity contribution in [2.75, 3.05) is 5.32 Å². The second-order valence-electron chi connectivity index (χ2n) is 3.69. The van der Waals surface area contributed by atoms with Gasteiger partial charge in [0.25, 0.3) is 0 Å². The molecule has 0 aliphatic heterocycles. The van der Waals surface area contributed by atoms with E-state index in [9.17, 15) is 13.2 Å². The van der Waals surface area contributed by atoms with E-state index in [-0.39, 0.29) is 17.3 Å². The van der Waals surface area contributed by atoms with Gasteiger partial charge in [0, 0.05) is 6.54 Å². The van der Waals surface area contributed by atoms with Gasteiger partial charge in [-0.3, -0.25) is 0 Å². The third kappa shape index (κ3) is 2.76. The van der Waals surface area contributed by atoms with Crippen LogP contribution in [0.25, 0.3) is 0 Å². The zero-order valence-electron chi connectivity index (χ0n) is 9.18. The summed E-state index contributed by atoms with van der Waals surface area (Å²) in [5, 5.41) is 2.65. The van der Waals surface area contributed by atoms with E-state index in [2.05, 4.69) is 5.32 Å². The Labute approximate surface area is 107 Å². The van der Waals surface area contributed by atoms with Crippen molar-refractivity contribution in [2.24, 2.45) is 0 Å². The molecular formula is C13H9ClF3N. The first-order valence-corrected chi connectivity index (χ1v) is 5.57. The summed E-state index contributed by atoms with van der Waals surface area (Å²) in [5.41, 5.74) is 0.482. The van der Waals surface area contributed by atoms with Gasteiger partial charge in [0.2, 0.25) is 0 Å². The fourth-order valence-corrected chi connectivity index (χ4v) is 1.70. The molecule has 0 saturated carbocycles. The van der Waals surface area contributed by atoms with Crippen LogP contribution in [-0.4, -0.2) is 0 Å². The largest absolute Gasteiger partial charge is 0.378 e. The van der Waals surface area contributed by atoms with Gasteiger partial charge in [-0.1, -0.05) is 23.7 Å². The molecule has 18 heavy (non-hydrogen) atoms. The maximum absolute atomic E-state index is 13.3. The van der Waals surface area contributed by atoms with Crippen LogP contribution in [0.3, 0.4) is 0 Å². The minimum Gasteiger partial charge on any atom is -0.378 e. The van der Waals surface area contributed by atoms with Crippen LogP contribution in [0.5, 0.6) is 0 Å². The summed E-state index contributed by atoms with van der Waals surface area (Å²) >= 11 is 5.75. The third-order valence-corrected chi connectivity index (χ3v) is 2.85. The molecule has 0 heterocycles. The molecule has 0 radical (unpaired) electrons. The normalized spacial score (nSPS) is 10.4. The lowest BCUT2D eigenvalue weighted by atomic mass is 10.2. The molecule has 2 aromatic carbocycles. The van der Waals surface area contributed by atoms with Gasteiger partial charge in [0.1, 0.15) is 17.5 Å². The molecular weight excluding hydrogens is 263 g/mol. The topological polar surface area (TPSA) is 12.0 Å². The van der Waals surface area contributed by atoms with Crippen molar-refractivity contribution in [3.05, 3.63) is 64.4 Å². The van der Waals surface area contributed by atoms with Gasteiger partial charge in [-0.25, -0.2) is 13.2 Å². The SMILES string of the molecule is Fc1ccc(F)c(NCc2cccc(F)c2Cl)c1. The minimum absolute atomic E-state index is 0.00956. The average molecular weight is 272 g/mol. The first-order valence-electron chi connectivity index (χ1n) is 5.20. The van der Waals surface area contributed by atoms with Crippen molar-refractivity contribution in [3.8, 4) is 0 Å². The predicted molar refractivity (Wildman–Crippen MR) is 65.1 cm³/mol. The molecule has 0 bridgehead atoms.